The third-order valence-electron chi connectivity index (χ3n) is 3.67. The van der Waals surface area contributed by atoms with E-state index in [-0.39, 0.29) is 11.8 Å². The molecule has 1 unspecified atom stereocenters. The molecule has 1 aliphatic rings. The van der Waals surface area contributed by atoms with Gasteiger partial charge in [0.25, 0.3) is 0 Å². The zero-order chi connectivity index (χ0) is 14.1. The summed E-state index contributed by atoms with van der Waals surface area (Å²) < 4.78 is 5.18. The van der Waals surface area contributed by atoms with E-state index in [1.807, 2.05) is 12.1 Å². The zero-order valence-corrected chi connectivity index (χ0v) is 11.7. The van der Waals surface area contributed by atoms with Crippen LogP contribution in [0.25, 0.3) is 0 Å². The average Bonchev–Trinajstić information content (AvgIpc) is 3.05. The van der Waals surface area contributed by atoms with Gasteiger partial charge in [0.15, 0.2) is 5.82 Å². The Hall–Kier alpha value is -2.17. The standard InChI is InChI=1S/C15H17N3O2/c1-3-11-4-6-13(7-5-11)18-9-12(8-14(18)19)15-16-10(2)17-20-15/h4-7,12H,3,8-9H2,1-2H3. The lowest BCUT2D eigenvalue weighted by Gasteiger charge is -2.16. The van der Waals surface area contributed by atoms with Crippen LogP contribution in [0.2, 0.25) is 0 Å². The maximum Gasteiger partial charge on any atom is 0.232 e. The topological polar surface area (TPSA) is 59.2 Å². The highest BCUT2D eigenvalue weighted by molar-refractivity contribution is 5.96. The smallest absolute Gasteiger partial charge is 0.232 e. The van der Waals surface area contributed by atoms with Crippen molar-refractivity contribution < 1.29 is 9.32 Å². The van der Waals surface area contributed by atoms with Crippen LogP contribution < -0.4 is 4.90 Å². The van der Waals surface area contributed by atoms with Crippen molar-refractivity contribution in [2.75, 3.05) is 11.4 Å². The third kappa shape index (κ3) is 2.31. The van der Waals surface area contributed by atoms with E-state index in [0.717, 1.165) is 12.1 Å². The summed E-state index contributed by atoms with van der Waals surface area (Å²) >= 11 is 0. The van der Waals surface area contributed by atoms with E-state index in [4.69, 9.17) is 4.52 Å². The van der Waals surface area contributed by atoms with Crippen LogP contribution in [0.15, 0.2) is 28.8 Å². The molecule has 104 valence electrons. The van der Waals surface area contributed by atoms with E-state index < -0.39 is 0 Å². The molecule has 0 radical (unpaired) electrons. The molecule has 1 aromatic heterocycles. The van der Waals surface area contributed by atoms with Crippen LogP contribution in [0, 0.1) is 6.92 Å². The van der Waals surface area contributed by atoms with E-state index in [0.29, 0.717) is 24.7 Å². The summed E-state index contributed by atoms with van der Waals surface area (Å²) in [6.45, 7) is 4.50. The number of hydrogen-bond acceptors (Lipinski definition) is 4. The van der Waals surface area contributed by atoms with Gasteiger partial charge in [-0.25, -0.2) is 0 Å². The van der Waals surface area contributed by atoms with Crippen molar-refractivity contribution in [3.05, 3.63) is 41.5 Å². The Labute approximate surface area is 117 Å². The van der Waals surface area contributed by atoms with Gasteiger partial charge >= 0.3 is 0 Å². The van der Waals surface area contributed by atoms with Crippen LogP contribution in [-0.4, -0.2) is 22.6 Å². The quantitative estimate of drug-likeness (QED) is 0.860. The predicted octanol–water partition coefficient (Wildman–Crippen LogP) is 2.46. The van der Waals surface area contributed by atoms with Gasteiger partial charge in [0.05, 0.1) is 5.92 Å². The fourth-order valence-corrected chi connectivity index (χ4v) is 2.51. The van der Waals surface area contributed by atoms with E-state index in [1.165, 1.54) is 5.56 Å². The molecule has 20 heavy (non-hydrogen) atoms. The summed E-state index contributed by atoms with van der Waals surface area (Å²) in [5, 5.41) is 3.79. The molecule has 1 fully saturated rings. The first kappa shape index (κ1) is 12.8. The van der Waals surface area contributed by atoms with Crippen LogP contribution in [0.5, 0.6) is 0 Å². The van der Waals surface area contributed by atoms with E-state index in [9.17, 15) is 4.79 Å². The Morgan fingerprint density at radius 3 is 2.70 bits per heavy atom. The maximum atomic E-state index is 12.2. The number of amides is 1. The number of nitrogens with zero attached hydrogens (tertiary/aromatic N) is 3. The van der Waals surface area contributed by atoms with Crippen LogP contribution in [0.1, 0.15) is 36.5 Å². The van der Waals surface area contributed by atoms with Crippen LogP contribution in [-0.2, 0) is 11.2 Å². The van der Waals surface area contributed by atoms with Crippen LogP contribution in [0.4, 0.5) is 5.69 Å². The summed E-state index contributed by atoms with van der Waals surface area (Å²) in [5.74, 6) is 1.27. The average molecular weight is 271 g/mol. The van der Waals surface area contributed by atoms with Gasteiger partial charge in [-0.15, -0.1) is 0 Å². The zero-order valence-electron chi connectivity index (χ0n) is 11.7. The molecule has 0 bridgehead atoms. The summed E-state index contributed by atoms with van der Waals surface area (Å²) in [6.07, 6.45) is 1.43. The second kappa shape index (κ2) is 5.07. The fourth-order valence-electron chi connectivity index (χ4n) is 2.51. The van der Waals surface area contributed by atoms with Gasteiger partial charge in [-0.3, -0.25) is 4.79 Å². The highest BCUT2D eigenvalue weighted by Gasteiger charge is 2.34. The normalized spacial score (nSPS) is 18.8. The molecule has 5 nitrogen and oxygen atoms in total. The van der Waals surface area contributed by atoms with Crippen molar-refractivity contribution in [3.8, 4) is 0 Å². The molecular weight excluding hydrogens is 254 g/mol. The molecule has 1 aliphatic heterocycles. The molecule has 5 heteroatoms. The lowest BCUT2D eigenvalue weighted by atomic mass is 10.1. The number of hydrogen-bond donors (Lipinski definition) is 0. The van der Waals surface area contributed by atoms with Gasteiger partial charge in [-0.05, 0) is 31.0 Å². The molecule has 0 N–H and O–H groups in total. The Morgan fingerprint density at radius 1 is 1.35 bits per heavy atom. The van der Waals surface area contributed by atoms with Gasteiger partial charge in [0, 0.05) is 18.7 Å². The number of rotatable bonds is 3. The molecule has 0 spiro atoms. The Morgan fingerprint density at radius 2 is 2.10 bits per heavy atom. The number of carbonyl (C=O) groups excluding carboxylic acids is 1. The first-order valence-corrected chi connectivity index (χ1v) is 6.87. The summed E-state index contributed by atoms with van der Waals surface area (Å²) in [7, 11) is 0. The SMILES string of the molecule is CCc1ccc(N2CC(c3nc(C)no3)CC2=O)cc1. The van der Waals surface area contributed by atoms with Gasteiger partial charge in [0.1, 0.15) is 0 Å². The minimum atomic E-state index is -0.00504. The Balaban J connectivity index is 1.79. The third-order valence-corrected chi connectivity index (χ3v) is 3.67. The number of carbonyl (C=O) groups is 1. The Bertz CT molecular complexity index is 618. The maximum absolute atomic E-state index is 12.2. The fraction of sp³-hybridized carbons (Fsp3) is 0.400. The molecule has 2 heterocycles. The highest BCUT2D eigenvalue weighted by Crippen LogP contribution is 2.31. The van der Waals surface area contributed by atoms with Crippen molar-refractivity contribution in [1.29, 1.82) is 0 Å². The van der Waals surface area contributed by atoms with Gasteiger partial charge in [-0.1, -0.05) is 24.2 Å². The van der Waals surface area contributed by atoms with Crippen LogP contribution >= 0.6 is 0 Å². The van der Waals surface area contributed by atoms with Crippen molar-refractivity contribution in [2.24, 2.45) is 0 Å². The lowest BCUT2D eigenvalue weighted by Crippen LogP contribution is -2.24. The van der Waals surface area contributed by atoms with Crippen molar-refractivity contribution in [2.45, 2.75) is 32.6 Å². The molecule has 1 atom stereocenters. The van der Waals surface area contributed by atoms with E-state index >= 15 is 0 Å². The van der Waals surface area contributed by atoms with Crippen molar-refractivity contribution >= 4 is 11.6 Å². The first-order valence-electron chi connectivity index (χ1n) is 6.87. The predicted molar refractivity (Wildman–Crippen MR) is 74.6 cm³/mol. The minimum absolute atomic E-state index is 0.00504. The number of benzene rings is 1. The second-order valence-corrected chi connectivity index (χ2v) is 5.11. The van der Waals surface area contributed by atoms with Gasteiger partial charge in [0.2, 0.25) is 11.8 Å². The number of aryl methyl sites for hydroxylation is 2. The van der Waals surface area contributed by atoms with E-state index in [2.05, 4.69) is 29.2 Å². The molecule has 2 aromatic rings. The summed E-state index contributed by atoms with van der Waals surface area (Å²) in [6, 6.07) is 8.12. The molecule has 1 aromatic carbocycles. The van der Waals surface area contributed by atoms with Gasteiger partial charge < -0.3 is 9.42 Å². The number of anilines is 1. The monoisotopic (exact) mass is 271 g/mol. The highest BCUT2D eigenvalue weighted by atomic mass is 16.5. The van der Waals surface area contributed by atoms with Crippen molar-refractivity contribution in [1.82, 2.24) is 10.1 Å². The van der Waals surface area contributed by atoms with E-state index in [1.54, 1.807) is 11.8 Å². The molecule has 3 rings (SSSR count). The summed E-state index contributed by atoms with van der Waals surface area (Å²) in [5.41, 5.74) is 2.20. The molecule has 0 aliphatic carbocycles. The molecule has 0 saturated carbocycles. The largest absolute Gasteiger partial charge is 0.339 e. The Kier molecular flexibility index (Phi) is 3.26. The molecular formula is C15H17N3O2. The summed E-state index contributed by atoms with van der Waals surface area (Å²) in [4.78, 5) is 18.2. The second-order valence-electron chi connectivity index (χ2n) is 5.11. The molecule has 1 saturated heterocycles. The van der Waals surface area contributed by atoms with Crippen molar-refractivity contribution in [3.63, 3.8) is 0 Å². The minimum Gasteiger partial charge on any atom is -0.339 e. The number of aromatic nitrogens is 2. The first-order chi connectivity index (χ1) is 9.67. The molecule has 1 amide bonds. The van der Waals surface area contributed by atoms with Gasteiger partial charge in [-0.2, -0.15) is 4.98 Å². The lowest BCUT2D eigenvalue weighted by molar-refractivity contribution is -0.117. The van der Waals surface area contributed by atoms with Crippen LogP contribution in [0.3, 0.4) is 0 Å².